The molecule has 21 heavy (non-hydrogen) atoms. The SMILES string of the molecule is O=C1CCC(CNCc2cccc([N+](=O)[O-])c2C(=O)O)N1. The van der Waals surface area contributed by atoms with Crippen LogP contribution in [0.15, 0.2) is 18.2 Å². The van der Waals surface area contributed by atoms with E-state index in [1.165, 1.54) is 18.2 Å². The second kappa shape index (κ2) is 6.31. The predicted octanol–water partition coefficient (Wildman–Crippen LogP) is 0.661. The molecule has 0 aromatic heterocycles. The number of nitro benzene ring substituents is 1. The Labute approximate surface area is 120 Å². The van der Waals surface area contributed by atoms with Crippen LogP contribution in [0.25, 0.3) is 0 Å². The third kappa shape index (κ3) is 3.54. The molecule has 0 spiro atoms. The number of nitrogens with one attached hydrogen (secondary N) is 2. The Kier molecular flexibility index (Phi) is 4.49. The van der Waals surface area contributed by atoms with Gasteiger partial charge in [-0.3, -0.25) is 14.9 Å². The lowest BCUT2D eigenvalue weighted by molar-refractivity contribution is -0.385. The summed E-state index contributed by atoms with van der Waals surface area (Å²) in [5, 5.41) is 25.8. The minimum atomic E-state index is -1.33. The molecule has 1 aliphatic heterocycles. The molecule has 1 unspecified atom stereocenters. The van der Waals surface area contributed by atoms with E-state index in [4.69, 9.17) is 5.11 Å². The number of rotatable bonds is 6. The maximum atomic E-state index is 11.2. The number of benzene rings is 1. The van der Waals surface area contributed by atoms with Gasteiger partial charge >= 0.3 is 5.97 Å². The number of hydrogen-bond acceptors (Lipinski definition) is 5. The molecule has 112 valence electrons. The Balaban J connectivity index is 2.05. The van der Waals surface area contributed by atoms with E-state index in [0.29, 0.717) is 18.5 Å². The van der Waals surface area contributed by atoms with Gasteiger partial charge in [-0.15, -0.1) is 0 Å². The highest BCUT2D eigenvalue weighted by molar-refractivity contribution is 5.94. The minimum absolute atomic E-state index is 0.00312. The summed E-state index contributed by atoms with van der Waals surface area (Å²) in [6, 6.07) is 4.18. The lowest BCUT2D eigenvalue weighted by Crippen LogP contribution is -2.35. The monoisotopic (exact) mass is 293 g/mol. The van der Waals surface area contributed by atoms with Gasteiger partial charge in [0.15, 0.2) is 0 Å². The standard InChI is InChI=1S/C13H15N3O5/c17-11-5-4-9(15-11)7-14-6-8-2-1-3-10(16(20)21)12(8)13(18)19/h1-3,9,14H,4-7H2,(H,15,17)(H,18,19). The summed E-state index contributed by atoms with van der Waals surface area (Å²) < 4.78 is 0. The second-order valence-corrected chi connectivity index (χ2v) is 4.81. The van der Waals surface area contributed by atoms with Crippen molar-refractivity contribution >= 4 is 17.6 Å². The number of carboxylic acids is 1. The smallest absolute Gasteiger partial charge is 0.343 e. The number of carboxylic acid groups (broad SMARTS) is 1. The van der Waals surface area contributed by atoms with Gasteiger partial charge in [0.1, 0.15) is 5.56 Å². The number of amides is 1. The average molecular weight is 293 g/mol. The second-order valence-electron chi connectivity index (χ2n) is 4.81. The van der Waals surface area contributed by atoms with Crippen LogP contribution in [0.1, 0.15) is 28.8 Å². The summed E-state index contributed by atoms with van der Waals surface area (Å²) in [5.41, 5.74) is -0.373. The van der Waals surface area contributed by atoms with Gasteiger partial charge < -0.3 is 15.7 Å². The molecule has 1 amide bonds. The molecule has 0 radical (unpaired) electrons. The van der Waals surface area contributed by atoms with Gasteiger partial charge in [-0.1, -0.05) is 12.1 Å². The minimum Gasteiger partial charge on any atom is -0.477 e. The summed E-state index contributed by atoms with van der Waals surface area (Å²) in [6.45, 7) is 0.684. The molecule has 1 saturated heterocycles. The fraction of sp³-hybridized carbons (Fsp3) is 0.385. The van der Waals surface area contributed by atoms with Crippen molar-refractivity contribution in [2.75, 3.05) is 6.54 Å². The van der Waals surface area contributed by atoms with E-state index in [-0.39, 0.29) is 24.1 Å². The topological polar surface area (TPSA) is 122 Å². The number of nitro groups is 1. The molecule has 8 nitrogen and oxygen atoms in total. The van der Waals surface area contributed by atoms with Crippen LogP contribution in [-0.4, -0.2) is 34.5 Å². The number of nitrogens with zero attached hydrogens (tertiary/aromatic N) is 1. The normalized spacial score (nSPS) is 17.5. The van der Waals surface area contributed by atoms with Crippen molar-refractivity contribution in [3.05, 3.63) is 39.4 Å². The molecule has 3 N–H and O–H groups in total. The fourth-order valence-electron chi connectivity index (χ4n) is 2.34. The Hall–Kier alpha value is -2.48. The summed E-state index contributed by atoms with van der Waals surface area (Å²) in [4.78, 5) is 32.4. The van der Waals surface area contributed by atoms with Crippen molar-refractivity contribution in [3.63, 3.8) is 0 Å². The maximum absolute atomic E-state index is 11.2. The molecule has 8 heteroatoms. The van der Waals surface area contributed by atoms with E-state index in [1.54, 1.807) is 0 Å². The van der Waals surface area contributed by atoms with Crippen molar-refractivity contribution < 1.29 is 19.6 Å². The van der Waals surface area contributed by atoms with Gasteiger partial charge in [-0.05, 0) is 12.0 Å². The zero-order valence-electron chi connectivity index (χ0n) is 11.2. The van der Waals surface area contributed by atoms with Crippen LogP contribution in [0.2, 0.25) is 0 Å². The number of carbonyl (C=O) groups excluding carboxylic acids is 1. The number of aromatic carboxylic acids is 1. The van der Waals surface area contributed by atoms with Crippen LogP contribution in [-0.2, 0) is 11.3 Å². The average Bonchev–Trinajstić information content (AvgIpc) is 2.83. The zero-order valence-corrected chi connectivity index (χ0v) is 11.2. The van der Waals surface area contributed by atoms with Crippen molar-refractivity contribution in [3.8, 4) is 0 Å². The van der Waals surface area contributed by atoms with Crippen LogP contribution in [0, 0.1) is 10.1 Å². The van der Waals surface area contributed by atoms with Crippen LogP contribution in [0.5, 0.6) is 0 Å². The molecule has 2 rings (SSSR count). The van der Waals surface area contributed by atoms with E-state index in [1.807, 2.05) is 0 Å². The van der Waals surface area contributed by atoms with Gasteiger partial charge in [-0.2, -0.15) is 0 Å². The lowest BCUT2D eigenvalue weighted by Gasteiger charge is -2.12. The highest BCUT2D eigenvalue weighted by Crippen LogP contribution is 2.22. The maximum Gasteiger partial charge on any atom is 0.343 e. The van der Waals surface area contributed by atoms with E-state index in [9.17, 15) is 19.7 Å². The summed E-state index contributed by atoms with van der Waals surface area (Å²) in [5.74, 6) is -1.32. The summed E-state index contributed by atoms with van der Waals surface area (Å²) >= 11 is 0. The van der Waals surface area contributed by atoms with Crippen molar-refractivity contribution in [1.82, 2.24) is 10.6 Å². The summed E-state index contributed by atoms with van der Waals surface area (Å²) in [7, 11) is 0. The Morgan fingerprint density at radius 1 is 1.52 bits per heavy atom. The van der Waals surface area contributed by atoms with Gasteiger partial charge in [0, 0.05) is 31.6 Å². The Bertz CT molecular complexity index is 587. The molecule has 1 aliphatic rings. The van der Waals surface area contributed by atoms with E-state index >= 15 is 0 Å². The lowest BCUT2D eigenvalue weighted by atomic mass is 10.1. The zero-order chi connectivity index (χ0) is 15.4. The molecular weight excluding hydrogens is 278 g/mol. The van der Waals surface area contributed by atoms with Gasteiger partial charge in [0.2, 0.25) is 5.91 Å². The van der Waals surface area contributed by atoms with Gasteiger partial charge in [0.25, 0.3) is 5.69 Å². The van der Waals surface area contributed by atoms with Crippen molar-refractivity contribution in [2.24, 2.45) is 0 Å². The number of carbonyl (C=O) groups is 2. The first kappa shape index (κ1) is 14.9. The summed E-state index contributed by atoms with van der Waals surface area (Å²) in [6.07, 6.45) is 1.22. The Morgan fingerprint density at radius 3 is 2.86 bits per heavy atom. The van der Waals surface area contributed by atoms with Crippen molar-refractivity contribution in [2.45, 2.75) is 25.4 Å². The number of hydrogen-bond donors (Lipinski definition) is 3. The molecule has 0 saturated carbocycles. The van der Waals surface area contributed by atoms with Crippen molar-refractivity contribution in [1.29, 1.82) is 0 Å². The molecule has 0 bridgehead atoms. The third-order valence-corrected chi connectivity index (χ3v) is 3.33. The molecule has 1 fully saturated rings. The first-order chi connectivity index (χ1) is 9.99. The van der Waals surface area contributed by atoms with E-state index < -0.39 is 16.6 Å². The van der Waals surface area contributed by atoms with Crippen LogP contribution in [0.3, 0.4) is 0 Å². The third-order valence-electron chi connectivity index (χ3n) is 3.33. The molecular formula is C13H15N3O5. The van der Waals surface area contributed by atoms with Gasteiger partial charge in [0.05, 0.1) is 4.92 Å². The van der Waals surface area contributed by atoms with E-state index in [2.05, 4.69) is 10.6 Å². The van der Waals surface area contributed by atoms with Crippen LogP contribution < -0.4 is 10.6 Å². The van der Waals surface area contributed by atoms with Crippen LogP contribution >= 0.6 is 0 Å². The molecule has 1 heterocycles. The molecule has 1 aromatic carbocycles. The largest absolute Gasteiger partial charge is 0.477 e. The van der Waals surface area contributed by atoms with E-state index in [0.717, 1.165) is 6.42 Å². The molecule has 0 aliphatic carbocycles. The van der Waals surface area contributed by atoms with Crippen LogP contribution in [0.4, 0.5) is 5.69 Å². The molecule has 1 atom stereocenters. The first-order valence-corrected chi connectivity index (χ1v) is 6.48. The highest BCUT2D eigenvalue weighted by Gasteiger charge is 2.24. The molecule has 1 aromatic rings. The highest BCUT2D eigenvalue weighted by atomic mass is 16.6. The first-order valence-electron chi connectivity index (χ1n) is 6.48. The fourth-order valence-corrected chi connectivity index (χ4v) is 2.34. The predicted molar refractivity (Wildman–Crippen MR) is 72.9 cm³/mol. The van der Waals surface area contributed by atoms with Gasteiger partial charge in [-0.25, -0.2) is 4.79 Å². The Morgan fingerprint density at radius 2 is 2.29 bits per heavy atom. The quantitative estimate of drug-likeness (QED) is 0.523.